The normalized spacial score (nSPS) is 13.4. The van der Waals surface area contributed by atoms with Crippen LogP contribution in [0.2, 0.25) is 13.1 Å². The van der Waals surface area contributed by atoms with Gasteiger partial charge in [-0.2, -0.15) is 12.1 Å². The van der Waals surface area contributed by atoms with Crippen LogP contribution in [-0.4, -0.2) is 5.43 Å². The summed E-state index contributed by atoms with van der Waals surface area (Å²) in [5.74, 6) is 2.00. The van der Waals surface area contributed by atoms with E-state index < -0.39 is 0 Å². The largest absolute Gasteiger partial charge is 1.00 e. The smallest absolute Gasteiger partial charge is 1.00 e. The van der Waals surface area contributed by atoms with E-state index in [1.54, 1.807) is 23.3 Å². The molecule has 0 aliphatic heterocycles. The van der Waals surface area contributed by atoms with Crippen molar-refractivity contribution in [2.75, 3.05) is 0 Å². The van der Waals surface area contributed by atoms with Gasteiger partial charge in [0.2, 0.25) is 0 Å². The molecule has 0 heterocycles. The van der Waals surface area contributed by atoms with Gasteiger partial charge < -0.3 is 24.8 Å². The maximum absolute atomic E-state index is 2.38. The fourth-order valence-corrected chi connectivity index (χ4v) is 7.20. The molecule has 0 amide bonds. The average molecular weight is 811 g/mol. The van der Waals surface area contributed by atoms with Crippen molar-refractivity contribution >= 4 is 27.0 Å². The Bertz CT molecular complexity index is 1930. The third-order valence-corrected chi connectivity index (χ3v) is 10.4. The van der Waals surface area contributed by atoms with Gasteiger partial charge in [0.15, 0.2) is 0 Å². The van der Waals surface area contributed by atoms with E-state index in [2.05, 4.69) is 157 Å². The van der Waals surface area contributed by atoms with Crippen molar-refractivity contribution < 1.29 is 48.1 Å². The third kappa shape index (κ3) is 11.4. The van der Waals surface area contributed by atoms with Crippen LogP contribution in [0.4, 0.5) is 0 Å². The Morgan fingerprint density at radius 2 is 1.20 bits per heavy atom. The molecule has 0 spiro atoms. The maximum Gasteiger partial charge on any atom is -1.00 e. The Kier molecular flexibility index (Phi) is 17.7. The average Bonchev–Trinajstić information content (AvgIpc) is 3.77. The SMILES string of the molecule is CCC(C)c1cc2c(-c3ccc(C(C)C)cc3)cccc2[cH-]1.CCc1cc2c(-c3ccc(C4CCCCC4)cc3)cccc2[cH-]1.C[Si](C)=[Zr+2].[Cl-].[Cl-]. The molecule has 6 aromatic rings. The van der Waals surface area contributed by atoms with Crippen molar-refractivity contribution in [1.29, 1.82) is 0 Å². The van der Waals surface area contributed by atoms with Crippen LogP contribution in [0.5, 0.6) is 0 Å². The van der Waals surface area contributed by atoms with Crippen LogP contribution in [-0.2, 0) is 29.8 Å². The summed E-state index contributed by atoms with van der Waals surface area (Å²) in [5.41, 5.74) is 11.4. The van der Waals surface area contributed by atoms with Crippen LogP contribution in [0.15, 0.2) is 109 Å². The Balaban J connectivity index is 0.000000241. The Hall–Kier alpha value is -2.22. The summed E-state index contributed by atoms with van der Waals surface area (Å²) >= 11 is 1.74. The second-order valence-electron chi connectivity index (χ2n) is 14.7. The van der Waals surface area contributed by atoms with Crippen molar-refractivity contribution in [3.05, 3.63) is 131 Å². The molecule has 1 unspecified atom stereocenters. The van der Waals surface area contributed by atoms with Crippen molar-refractivity contribution in [1.82, 2.24) is 0 Å². The molecule has 1 atom stereocenters. The molecular formula is C47H56Cl2SiZr-2. The van der Waals surface area contributed by atoms with Gasteiger partial charge in [0.25, 0.3) is 0 Å². The number of hydrogen-bond acceptors (Lipinski definition) is 0. The van der Waals surface area contributed by atoms with Gasteiger partial charge in [0, 0.05) is 0 Å². The standard InChI is InChI=1S/C23H25.C22H25.C2H6Si.2ClH.Zr/c1-2-17-15-21-9-6-10-22(23(21)16-17)20-13-11-19(12-14-20)18-7-4-3-5-8-18;1-5-16(4)20-13-19-7-6-8-21(22(19)14-20)18-11-9-17(10-12-18)15(2)3;1-3-2;;;/h6,9-16,18H,2-5,7-8H2,1H3;6-16H,5H2,1-4H3;1-2H3;2*1H;/q2*-1;;;;+2/p-2. The number of fused-ring (bicyclic) bond motifs is 2. The molecule has 0 N–H and O–H groups in total. The Labute approximate surface area is 336 Å². The van der Waals surface area contributed by atoms with Crippen molar-refractivity contribution in [2.45, 2.75) is 110 Å². The predicted molar refractivity (Wildman–Crippen MR) is 215 cm³/mol. The van der Waals surface area contributed by atoms with E-state index in [-0.39, 0.29) is 30.2 Å². The summed E-state index contributed by atoms with van der Waals surface area (Å²) in [5, 5.41) is 5.52. The van der Waals surface area contributed by atoms with Crippen LogP contribution in [0, 0.1) is 0 Å². The zero-order valence-electron chi connectivity index (χ0n) is 31.8. The minimum atomic E-state index is 0. The van der Waals surface area contributed by atoms with E-state index >= 15 is 0 Å². The first-order chi connectivity index (χ1) is 23.7. The van der Waals surface area contributed by atoms with Crippen LogP contribution < -0.4 is 24.8 Å². The van der Waals surface area contributed by atoms with Gasteiger partial charge in [-0.15, -0.1) is 69.1 Å². The number of aryl methyl sites for hydroxylation is 1. The fourth-order valence-electron chi connectivity index (χ4n) is 7.20. The summed E-state index contributed by atoms with van der Waals surface area (Å²) in [6.07, 6.45) is 9.27. The van der Waals surface area contributed by atoms with Gasteiger partial charge in [-0.3, -0.25) is 0 Å². The maximum atomic E-state index is 2.38. The van der Waals surface area contributed by atoms with E-state index in [1.807, 2.05) is 0 Å². The summed E-state index contributed by atoms with van der Waals surface area (Å²) < 4.78 is 0. The molecule has 1 saturated carbocycles. The molecule has 1 aliphatic rings. The van der Waals surface area contributed by atoms with Gasteiger partial charge >= 0.3 is 41.9 Å². The van der Waals surface area contributed by atoms with Crippen molar-refractivity contribution in [3.63, 3.8) is 0 Å². The van der Waals surface area contributed by atoms with Crippen LogP contribution >= 0.6 is 0 Å². The quantitative estimate of drug-likeness (QED) is 0.112. The molecule has 0 radical (unpaired) electrons. The minimum absolute atomic E-state index is 0. The molecule has 7 rings (SSSR count). The fraction of sp³-hybridized carbons (Fsp3) is 0.362. The zero-order valence-corrected chi connectivity index (χ0v) is 36.8. The summed E-state index contributed by atoms with van der Waals surface area (Å²) in [7, 11) is 0. The van der Waals surface area contributed by atoms with Crippen molar-refractivity contribution in [2.24, 2.45) is 0 Å². The second kappa shape index (κ2) is 20.9. The molecule has 0 nitrogen and oxygen atoms in total. The molecule has 1 aliphatic carbocycles. The van der Waals surface area contributed by atoms with Gasteiger partial charge in [-0.05, 0) is 59.3 Å². The molecule has 0 bridgehead atoms. The molecule has 0 saturated heterocycles. The molecule has 51 heavy (non-hydrogen) atoms. The van der Waals surface area contributed by atoms with Crippen molar-refractivity contribution in [3.8, 4) is 22.3 Å². The first kappa shape index (κ1) is 43.2. The molecule has 4 heteroatoms. The van der Waals surface area contributed by atoms with Gasteiger partial charge in [-0.25, -0.2) is 0 Å². The third-order valence-electron chi connectivity index (χ3n) is 10.4. The van der Waals surface area contributed by atoms with E-state index in [4.69, 9.17) is 0 Å². The predicted octanol–water partition coefficient (Wildman–Crippen LogP) is 8.49. The second-order valence-corrected chi connectivity index (χ2v) is 24.0. The Morgan fingerprint density at radius 3 is 1.71 bits per heavy atom. The van der Waals surface area contributed by atoms with Gasteiger partial charge in [0.1, 0.15) is 0 Å². The molecule has 0 aromatic heterocycles. The van der Waals surface area contributed by atoms with E-state index in [1.165, 1.54) is 105 Å². The summed E-state index contributed by atoms with van der Waals surface area (Å²) in [6.45, 7) is 15.9. The molecule has 6 aromatic carbocycles. The number of benzene rings is 4. The topological polar surface area (TPSA) is 0 Å². The van der Waals surface area contributed by atoms with Crippen LogP contribution in [0.1, 0.15) is 113 Å². The van der Waals surface area contributed by atoms with Gasteiger partial charge in [0.05, 0.1) is 0 Å². The number of rotatable bonds is 7. The summed E-state index contributed by atoms with van der Waals surface area (Å²) in [4.78, 5) is 0. The van der Waals surface area contributed by atoms with Crippen LogP contribution in [0.25, 0.3) is 43.8 Å². The molecule has 268 valence electrons. The summed E-state index contributed by atoms with van der Waals surface area (Å²) in [6, 6.07) is 41.2. The molecular weight excluding hydrogens is 755 g/mol. The van der Waals surface area contributed by atoms with Gasteiger partial charge in [-0.1, -0.05) is 132 Å². The van der Waals surface area contributed by atoms with E-state index in [0.29, 0.717) is 11.8 Å². The molecule has 1 fully saturated rings. The number of halogens is 2. The first-order valence-corrected chi connectivity index (χ1v) is 25.0. The van der Waals surface area contributed by atoms with E-state index in [9.17, 15) is 0 Å². The zero-order chi connectivity index (χ0) is 34.9. The van der Waals surface area contributed by atoms with E-state index in [0.717, 1.165) is 12.3 Å². The van der Waals surface area contributed by atoms with Crippen LogP contribution in [0.3, 0.4) is 0 Å². The number of hydrogen-bond donors (Lipinski definition) is 0. The minimum Gasteiger partial charge on any atom is -1.00 e. The Morgan fingerprint density at radius 1 is 0.686 bits per heavy atom. The first-order valence-electron chi connectivity index (χ1n) is 18.8. The monoisotopic (exact) mass is 808 g/mol.